The molecule has 0 aliphatic carbocycles. The minimum absolute atomic E-state index is 0.0406. The maximum absolute atomic E-state index is 13.3. The summed E-state index contributed by atoms with van der Waals surface area (Å²) in [6, 6.07) is 20.1. The number of benzene rings is 2. The lowest BCUT2D eigenvalue weighted by Gasteiger charge is -2.35. The van der Waals surface area contributed by atoms with Crippen LogP contribution in [0.2, 0.25) is 0 Å². The van der Waals surface area contributed by atoms with Gasteiger partial charge in [-0.15, -0.1) is 0 Å². The van der Waals surface area contributed by atoms with Crippen molar-refractivity contribution in [2.45, 2.75) is 18.5 Å². The van der Waals surface area contributed by atoms with Crippen molar-refractivity contribution in [2.24, 2.45) is 11.7 Å². The first-order valence-corrected chi connectivity index (χ1v) is 9.69. The van der Waals surface area contributed by atoms with Crippen molar-refractivity contribution in [1.82, 2.24) is 0 Å². The Kier molecular flexibility index (Phi) is 6.76. The highest BCUT2D eigenvalue weighted by atomic mass is 31.2. The van der Waals surface area contributed by atoms with E-state index in [1.807, 2.05) is 67.6 Å². The number of rotatable bonds is 8. The standard InChI is InChI=1S/C19H26NO3P/c1-15(14-20)19(24(21,22-2)23-3)18(16-10-6-4-7-11-16)17-12-8-5-9-13-17/h4-13,15,18-19H,14,20H2,1-3H3. The molecule has 0 amide bonds. The molecule has 0 saturated carbocycles. The second kappa shape index (κ2) is 8.59. The largest absolute Gasteiger partial charge is 0.334 e. The van der Waals surface area contributed by atoms with Crippen LogP contribution in [0, 0.1) is 5.92 Å². The van der Waals surface area contributed by atoms with Crippen LogP contribution >= 0.6 is 7.60 Å². The van der Waals surface area contributed by atoms with Gasteiger partial charge in [0.2, 0.25) is 0 Å². The highest BCUT2D eigenvalue weighted by molar-refractivity contribution is 7.54. The van der Waals surface area contributed by atoms with E-state index in [2.05, 4.69) is 0 Å². The molecule has 5 heteroatoms. The lowest BCUT2D eigenvalue weighted by Crippen LogP contribution is -2.33. The van der Waals surface area contributed by atoms with Crippen molar-refractivity contribution >= 4 is 7.60 Å². The topological polar surface area (TPSA) is 61.5 Å². The van der Waals surface area contributed by atoms with Crippen LogP contribution in [0.5, 0.6) is 0 Å². The van der Waals surface area contributed by atoms with Gasteiger partial charge in [0.05, 0.1) is 5.66 Å². The highest BCUT2D eigenvalue weighted by Gasteiger charge is 2.44. The molecule has 130 valence electrons. The predicted molar refractivity (Wildman–Crippen MR) is 98.4 cm³/mol. The first-order valence-electron chi connectivity index (χ1n) is 8.08. The Morgan fingerprint density at radius 1 is 0.917 bits per heavy atom. The lowest BCUT2D eigenvalue weighted by atomic mass is 9.83. The van der Waals surface area contributed by atoms with E-state index in [4.69, 9.17) is 14.8 Å². The fourth-order valence-corrected chi connectivity index (χ4v) is 5.28. The Morgan fingerprint density at radius 3 is 1.67 bits per heavy atom. The summed E-state index contributed by atoms with van der Waals surface area (Å²) in [6.07, 6.45) is 0. The number of nitrogens with two attached hydrogens (primary N) is 1. The second-order valence-electron chi connectivity index (χ2n) is 5.91. The minimum atomic E-state index is -3.33. The monoisotopic (exact) mass is 347 g/mol. The summed E-state index contributed by atoms with van der Waals surface area (Å²) in [7, 11) is -0.455. The molecule has 2 aromatic rings. The lowest BCUT2D eigenvalue weighted by molar-refractivity contribution is 0.250. The molecule has 0 saturated heterocycles. The molecule has 2 rings (SSSR count). The summed E-state index contributed by atoms with van der Waals surface area (Å²) in [5.74, 6) is -0.169. The van der Waals surface area contributed by atoms with E-state index in [1.165, 1.54) is 14.2 Å². The fourth-order valence-electron chi connectivity index (χ4n) is 3.19. The molecule has 2 aromatic carbocycles. The molecule has 0 heterocycles. The van der Waals surface area contributed by atoms with E-state index in [-0.39, 0.29) is 17.5 Å². The van der Waals surface area contributed by atoms with Gasteiger partial charge in [-0.05, 0) is 23.6 Å². The van der Waals surface area contributed by atoms with Crippen LogP contribution in [0.1, 0.15) is 24.0 Å². The van der Waals surface area contributed by atoms with Crippen LogP contribution in [-0.2, 0) is 13.6 Å². The molecule has 2 N–H and O–H groups in total. The van der Waals surface area contributed by atoms with Gasteiger partial charge in [0, 0.05) is 20.1 Å². The third-order valence-electron chi connectivity index (χ3n) is 4.49. The van der Waals surface area contributed by atoms with E-state index in [9.17, 15) is 4.57 Å². The van der Waals surface area contributed by atoms with E-state index >= 15 is 0 Å². The van der Waals surface area contributed by atoms with Crippen molar-refractivity contribution in [3.63, 3.8) is 0 Å². The van der Waals surface area contributed by atoms with Crippen LogP contribution in [-0.4, -0.2) is 26.4 Å². The first kappa shape index (κ1) is 18.9. The molecule has 0 aliphatic rings. The molecular formula is C19H26NO3P. The molecular weight excluding hydrogens is 321 g/mol. The second-order valence-corrected chi connectivity index (χ2v) is 8.31. The van der Waals surface area contributed by atoms with E-state index < -0.39 is 7.60 Å². The molecule has 0 spiro atoms. The van der Waals surface area contributed by atoms with Crippen LogP contribution in [0.25, 0.3) is 0 Å². The summed E-state index contributed by atoms with van der Waals surface area (Å²) in [5, 5.41) is 0. The normalized spacial score (nSPS) is 14.5. The summed E-state index contributed by atoms with van der Waals surface area (Å²) < 4.78 is 24.1. The molecule has 2 atom stereocenters. The van der Waals surface area contributed by atoms with Crippen molar-refractivity contribution in [2.75, 3.05) is 20.8 Å². The van der Waals surface area contributed by atoms with Gasteiger partial charge in [0.1, 0.15) is 0 Å². The maximum atomic E-state index is 13.3. The minimum Gasteiger partial charge on any atom is -0.330 e. The van der Waals surface area contributed by atoms with Crippen LogP contribution in [0.3, 0.4) is 0 Å². The van der Waals surface area contributed by atoms with E-state index in [1.54, 1.807) is 0 Å². The quantitative estimate of drug-likeness (QED) is 0.725. The fraction of sp³-hybridized carbons (Fsp3) is 0.368. The Labute approximate surface area is 144 Å². The molecule has 0 bridgehead atoms. The zero-order valence-corrected chi connectivity index (χ0v) is 15.4. The average Bonchev–Trinajstić information content (AvgIpc) is 2.66. The third-order valence-corrected chi connectivity index (χ3v) is 7.04. The first-order chi connectivity index (χ1) is 11.6. The van der Waals surface area contributed by atoms with Gasteiger partial charge in [-0.25, -0.2) is 0 Å². The van der Waals surface area contributed by atoms with Crippen molar-refractivity contribution in [3.8, 4) is 0 Å². The summed E-state index contributed by atoms with van der Waals surface area (Å²) >= 11 is 0. The highest BCUT2D eigenvalue weighted by Crippen LogP contribution is 2.60. The van der Waals surface area contributed by atoms with Gasteiger partial charge in [-0.1, -0.05) is 67.6 Å². The van der Waals surface area contributed by atoms with Gasteiger partial charge >= 0.3 is 7.60 Å². The van der Waals surface area contributed by atoms with Gasteiger partial charge < -0.3 is 14.8 Å². The smallest absolute Gasteiger partial charge is 0.330 e. The Hall–Kier alpha value is -1.45. The molecule has 4 nitrogen and oxygen atoms in total. The van der Waals surface area contributed by atoms with Crippen LogP contribution < -0.4 is 5.73 Å². The third kappa shape index (κ3) is 3.96. The number of hydrogen-bond donors (Lipinski definition) is 1. The average molecular weight is 347 g/mol. The van der Waals surface area contributed by atoms with Gasteiger partial charge in [0.15, 0.2) is 0 Å². The van der Waals surface area contributed by atoms with Crippen molar-refractivity contribution in [1.29, 1.82) is 0 Å². The molecule has 0 fully saturated rings. The van der Waals surface area contributed by atoms with Crippen molar-refractivity contribution < 1.29 is 13.6 Å². The number of hydrogen-bond acceptors (Lipinski definition) is 4. The molecule has 0 aliphatic heterocycles. The molecule has 2 unspecified atom stereocenters. The Bertz CT molecular complexity index is 615. The Morgan fingerprint density at radius 2 is 1.33 bits per heavy atom. The van der Waals surface area contributed by atoms with Gasteiger partial charge in [-0.3, -0.25) is 4.57 Å². The predicted octanol–water partition coefficient (Wildman–Crippen LogP) is 4.27. The SMILES string of the molecule is COP(=O)(OC)C(C(C)CN)C(c1ccccc1)c1ccccc1. The zero-order valence-electron chi connectivity index (χ0n) is 14.5. The maximum Gasteiger partial charge on any atom is 0.334 e. The Balaban J connectivity index is 2.64. The van der Waals surface area contributed by atoms with Crippen molar-refractivity contribution in [3.05, 3.63) is 71.8 Å². The van der Waals surface area contributed by atoms with E-state index in [0.29, 0.717) is 6.54 Å². The summed E-state index contributed by atoms with van der Waals surface area (Å²) in [5.41, 5.74) is 7.71. The van der Waals surface area contributed by atoms with Gasteiger partial charge in [-0.2, -0.15) is 0 Å². The molecule has 24 heavy (non-hydrogen) atoms. The summed E-state index contributed by atoms with van der Waals surface area (Å²) in [6.45, 7) is 2.39. The van der Waals surface area contributed by atoms with E-state index in [0.717, 1.165) is 11.1 Å². The molecule has 0 aromatic heterocycles. The van der Waals surface area contributed by atoms with Gasteiger partial charge in [0.25, 0.3) is 0 Å². The van der Waals surface area contributed by atoms with Crippen LogP contribution in [0.4, 0.5) is 0 Å². The van der Waals surface area contributed by atoms with Crippen LogP contribution in [0.15, 0.2) is 60.7 Å². The zero-order chi connectivity index (χ0) is 17.6. The summed E-state index contributed by atoms with van der Waals surface area (Å²) in [4.78, 5) is 0. The molecule has 0 radical (unpaired) electrons.